The van der Waals surface area contributed by atoms with E-state index in [2.05, 4.69) is 15.4 Å². The van der Waals surface area contributed by atoms with E-state index in [9.17, 15) is 14.9 Å². The quantitative estimate of drug-likeness (QED) is 0.336. The number of benzene rings is 2. The fourth-order valence-corrected chi connectivity index (χ4v) is 3.39. The van der Waals surface area contributed by atoms with Gasteiger partial charge in [0.25, 0.3) is 11.6 Å². The van der Waals surface area contributed by atoms with E-state index < -0.39 is 10.8 Å². The third kappa shape index (κ3) is 4.13. The van der Waals surface area contributed by atoms with E-state index in [0.717, 1.165) is 5.56 Å². The van der Waals surface area contributed by atoms with Crippen molar-refractivity contribution < 1.29 is 14.5 Å². The van der Waals surface area contributed by atoms with Crippen LogP contribution in [0.2, 0.25) is 0 Å². The number of nitrogens with zero attached hydrogens (tertiary/aromatic N) is 4. The van der Waals surface area contributed by atoms with Crippen LogP contribution >= 0.6 is 0 Å². The first-order valence-electron chi connectivity index (χ1n) is 10.1. The molecule has 0 fully saturated rings. The van der Waals surface area contributed by atoms with Crippen LogP contribution < -0.4 is 10.1 Å². The molecule has 0 aliphatic rings. The SMILES string of the molecule is CCOc1ccc(NC(=O)c2cc(-c3cnn(CC)c3)nc3ccccc23)c([N+](=O)[O-])c1. The van der Waals surface area contributed by atoms with E-state index in [1.807, 2.05) is 31.3 Å². The first-order valence-corrected chi connectivity index (χ1v) is 10.1. The number of amides is 1. The van der Waals surface area contributed by atoms with Gasteiger partial charge in [-0.3, -0.25) is 19.6 Å². The average Bonchev–Trinajstić information content (AvgIpc) is 3.29. The molecule has 0 aliphatic carbocycles. The second-order valence-electron chi connectivity index (χ2n) is 6.98. The zero-order valence-electron chi connectivity index (χ0n) is 17.6. The van der Waals surface area contributed by atoms with Crippen LogP contribution in [0, 0.1) is 10.1 Å². The van der Waals surface area contributed by atoms with Crippen molar-refractivity contribution in [3.05, 3.63) is 76.6 Å². The van der Waals surface area contributed by atoms with Crippen LogP contribution in [0.1, 0.15) is 24.2 Å². The highest BCUT2D eigenvalue weighted by Gasteiger charge is 2.20. The Morgan fingerprint density at radius 3 is 2.72 bits per heavy atom. The minimum absolute atomic E-state index is 0.0877. The molecule has 0 atom stereocenters. The van der Waals surface area contributed by atoms with Gasteiger partial charge in [0.05, 0.1) is 40.6 Å². The predicted octanol–water partition coefficient (Wildman–Crippen LogP) is 4.68. The predicted molar refractivity (Wildman–Crippen MR) is 121 cm³/mol. The van der Waals surface area contributed by atoms with Gasteiger partial charge in [-0.25, -0.2) is 4.98 Å². The van der Waals surface area contributed by atoms with Gasteiger partial charge in [0.1, 0.15) is 11.4 Å². The van der Waals surface area contributed by atoms with Crippen molar-refractivity contribution in [1.82, 2.24) is 14.8 Å². The van der Waals surface area contributed by atoms with Gasteiger partial charge in [-0.2, -0.15) is 5.10 Å². The summed E-state index contributed by atoms with van der Waals surface area (Å²) in [7, 11) is 0. The van der Waals surface area contributed by atoms with Crippen molar-refractivity contribution in [2.24, 2.45) is 0 Å². The topological polar surface area (TPSA) is 112 Å². The Bertz CT molecular complexity index is 1310. The molecule has 0 saturated carbocycles. The summed E-state index contributed by atoms with van der Waals surface area (Å²) in [4.78, 5) is 28.9. The molecular weight excluding hydrogens is 410 g/mol. The van der Waals surface area contributed by atoms with E-state index in [1.165, 1.54) is 12.1 Å². The molecule has 1 N–H and O–H groups in total. The van der Waals surface area contributed by atoms with Crippen LogP contribution in [0.4, 0.5) is 11.4 Å². The zero-order valence-corrected chi connectivity index (χ0v) is 17.6. The molecule has 4 rings (SSSR count). The van der Waals surface area contributed by atoms with Crippen LogP contribution in [-0.4, -0.2) is 32.2 Å². The highest BCUT2D eigenvalue weighted by Crippen LogP contribution is 2.31. The molecule has 1 amide bonds. The summed E-state index contributed by atoms with van der Waals surface area (Å²) in [5.41, 5.74) is 2.21. The van der Waals surface area contributed by atoms with Crippen LogP contribution in [-0.2, 0) is 6.54 Å². The van der Waals surface area contributed by atoms with E-state index in [4.69, 9.17) is 4.74 Å². The number of ether oxygens (including phenoxy) is 1. The molecule has 162 valence electrons. The number of aryl methyl sites for hydroxylation is 1. The van der Waals surface area contributed by atoms with Gasteiger partial charge in [-0.05, 0) is 38.1 Å². The standard InChI is InChI=1S/C23H21N5O4/c1-3-27-14-15(13-24-27)21-12-18(17-7-5-6-8-19(17)25-21)23(29)26-20-10-9-16(32-4-2)11-22(20)28(30)31/h5-14H,3-4H2,1-2H3,(H,26,29). The Hall–Kier alpha value is -4.27. The number of hydrogen-bond donors (Lipinski definition) is 1. The van der Waals surface area contributed by atoms with E-state index in [-0.39, 0.29) is 11.4 Å². The lowest BCUT2D eigenvalue weighted by atomic mass is 10.0. The van der Waals surface area contributed by atoms with Gasteiger partial charge >= 0.3 is 0 Å². The molecule has 0 aliphatic heterocycles. The van der Waals surface area contributed by atoms with Gasteiger partial charge in [0, 0.05) is 23.7 Å². The summed E-state index contributed by atoms with van der Waals surface area (Å²) in [6.45, 7) is 4.86. The molecule has 2 aromatic heterocycles. The Kier molecular flexibility index (Phi) is 5.80. The van der Waals surface area contributed by atoms with E-state index in [1.54, 1.807) is 36.0 Å². The summed E-state index contributed by atoms with van der Waals surface area (Å²) in [5.74, 6) is -0.109. The number of nitro groups is 1. The van der Waals surface area contributed by atoms with Gasteiger partial charge < -0.3 is 10.1 Å². The number of fused-ring (bicyclic) bond motifs is 1. The first kappa shape index (κ1) is 21.0. The van der Waals surface area contributed by atoms with Crippen LogP contribution in [0.15, 0.2) is 60.9 Å². The number of nitrogens with one attached hydrogen (secondary N) is 1. The molecule has 0 unspecified atom stereocenters. The van der Waals surface area contributed by atoms with Crippen molar-refractivity contribution in [2.75, 3.05) is 11.9 Å². The van der Waals surface area contributed by atoms with Crippen LogP contribution in [0.25, 0.3) is 22.2 Å². The molecule has 9 heteroatoms. The van der Waals surface area contributed by atoms with Crippen molar-refractivity contribution in [1.29, 1.82) is 0 Å². The maximum atomic E-state index is 13.2. The molecule has 2 aromatic carbocycles. The molecule has 0 bridgehead atoms. The molecule has 2 heterocycles. The summed E-state index contributed by atoms with van der Waals surface area (Å²) in [6.07, 6.45) is 3.55. The van der Waals surface area contributed by atoms with E-state index >= 15 is 0 Å². The summed E-state index contributed by atoms with van der Waals surface area (Å²) in [5, 5.41) is 19.2. The highest BCUT2D eigenvalue weighted by molar-refractivity contribution is 6.13. The third-order valence-corrected chi connectivity index (χ3v) is 4.94. The molecule has 0 spiro atoms. The average molecular weight is 431 g/mol. The van der Waals surface area contributed by atoms with Crippen LogP contribution in [0.3, 0.4) is 0 Å². The third-order valence-electron chi connectivity index (χ3n) is 4.94. The zero-order chi connectivity index (χ0) is 22.7. The number of hydrogen-bond acceptors (Lipinski definition) is 6. The number of nitro benzene ring substituents is 1. The largest absolute Gasteiger partial charge is 0.494 e. The second kappa shape index (κ2) is 8.84. The minimum atomic E-state index is -0.548. The van der Waals surface area contributed by atoms with Gasteiger partial charge in [-0.15, -0.1) is 0 Å². The first-order chi connectivity index (χ1) is 15.5. The van der Waals surface area contributed by atoms with Crippen molar-refractivity contribution in [2.45, 2.75) is 20.4 Å². The fourth-order valence-electron chi connectivity index (χ4n) is 3.39. The second-order valence-corrected chi connectivity index (χ2v) is 6.98. The summed E-state index contributed by atoms with van der Waals surface area (Å²) in [6, 6.07) is 13.3. The molecule has 9 nitrogen and oxygen atoms in total. The number of carbonyl (C=O) groups excluding carboxylic acids is 1. The Labute approximate surface area is 183 Å². The monoisotopic (exact) mass is 431 g/mol. The van der Waals surface area contributed by atoms with Crippen molar-refractivity contribution in [3.8, 4) is 17.0 Å². The Morgan fingerprint density at radius 1 is 1.19 bits per heavy atom. The molecule has 4 aromatic rings. The number of para-hydroxylation sites is 1. The molecule has 32 heavy (non-hydrogen) atoms. The van der Waals surface area contributed by atoms with Crippen molar-refractivity contribution in [3.63, 3.8) is 0 Å². The number of anilines is 1. The minimum Gasteiger partial charge on any atom is -0.494 e. The van der Waals surface area contributed by atoms with Gasteiger partial charge in [0.15, 0.2) is 0 Å². The number of aromatic nitrogens is 3. The Morgan fingerprint density at radius 2 is 2.00 bits per heavy atom. The lowest BCUT2D eigenvalue weighted by molar-refractivity contribution is -0.384. The summed E-state index contributed by atoms with van der Waals surface area (Å²) >= 11 is 0. The van der Waals surface area contributed by atoms with Gasteiger partial charge in [0.2, 0.25) is 0 Å². The number of rotatable bonds is 7. The fraction of sp³-hybridized carbons (Fsp3) is 0.174. The lowest BCUT2D eigenvalue weighted by Gasteiger charge is -2.11. The smallest absolute Gasteiger partial charge is 0.296 e. The number of pyridine rings is 1. The van der Waals surface area contributed by atoms with Crippen LogP contribution in [0.5, 0.6) is 5.75 Å². The molecular formula is C23H21N5O4. The Balaban J connectivity index is 1.76. The van der Waals surface area contributed by atoms with Crippen molar-refractivity contribution >= 4 is 28.2 Å². The highest BCUT2D eigenvalue weighted by atomic mass is 16.6. The van der Waals surface area contributed by atoms with Gasteiger partial charge in [-0.1, -0.05) is 18.2 Å². The summed E-state index contributed by atoms with van der Waals surface area (Å²) < 4.78 is 7.11. The lowest BCUT2D eigenvalue weighted by Crippen LogP contribution is -2.14. The van der Waals surface area contributed by atoms with E-state index in [0.29, 0.717) is 41.1 Å². The normalized spacial score (nSPS) is 10.8. The number of carbonyl (C=O) groups is 1. The maximum absolute atomic E-state index is 13.2. The maximum Gasteiger partial charge on any atom is 0.296 e. The molecule has 0 saturated heterocycles. The molecule has 0 radical (unpaired) electrons.